The summed E-state index contributed by atoms with van der Waals surface area (Å²) in [5.41, 5.74) is 2.94. The van der Waals surface area contributed by atoms with Gasteiger partial charge in [-0.05, 0) is 61.2 Å². The summed E-state index contributed by atoms with van der Waals surface area (Å²) >= 11 is 0. The van der Waals surface area contributed by atoms with Crippen molar-refractivity contribution in [3.8, 4) is 5.75 Å². The molecule has 7 heteroatoms. The van der Waals surface area contributed by atoms with Crippen LogP contribution in [0.3, 0.4) is 0 Å². The van der Waals surface area contributed by atoms with E-state index in [9.17, 15) is 13.2 Å². The van der Waals surface area contributed by atoms with Gasteiger partial charge in [0, 0.05) is 19.5 Å². The van der Waals surface area contributed by atoms with E-state index in [0.717, 1.165) is 22.4 Å². The molecule has 0 bridgehead atoms. The number of rotatable bonds is 9. The number of aryl methyl sites for hydroxylation is 2. The number of methoxy groups -OCH3 is 1. The average Bonchev–Trinajstić information content (AvgIpc) is 2.66. The number of hydrogen-bond donors (Lipinski definition) is 2. The second kappa shape index (κ2) is 9.53. The molecule has 2 aromatic rings. The van der Waals surface area contributed by atoms with E-state index in [-0.39, 0.29) is 23.8 Å². The first-order valence-electron chi connectivity index (χ1n) is 8.78. The molecule has 0 saturated carbocycles. The molecule has 6 nitrogen and oxygen atoms in total. The zero-order valence-electron chi connectivity index (χ0n) is 15.9. The normalized spacial score (nSPS) is 11.2. The van der Waals surface area contributed by atoms with Gasteiger partial charge in [0.2, 0.25) is 15.9 Å². The van der Waals surface area contributed by atoms with Crippen molar-refractivity contribution in [1.29, 1.82) is 0 Å². The largest absolute Gasteiger partial charge is 0.497 e. The van der Waals surface area contributed by atoms with E-state index in [0.29, 0.717) is 13.0 Å². The molecule has 1 amide bonds. The second-order valence-electron chi connectivity index (χ2n) is 6.37. The maximum Gasteiger partial charge on any atom is 0.240 e. The van der Waals surface area contributed by atoms with Gasteiger partial charge in [0.15, 0.2) is 0 Å². The smallest absolute Gasteiger partial charge is 0.240 e. The van der Waals surface area contributed by atoms with Gasteiger partial charge in [0.1, 0.15) is 5.75 Å². The molecule has 0 aliphatic heterocycles. The van der Waals surface area contributed by atoms with E-state index in [1.165, 1.54) is 0 Å². The summed E-state index contributed by atoms with van der Waals surface area (Å²) in [5, 5.41) is 2.82. The van der Waals surface area contributed by atoms with Gasteiger partial charge in [-0.1, -0.05) is 18.2 Å². The standard InChI is InChI=1S/C20H26N2O4S/c1-15-6-11-19(13-16(15)2)27(24,25)22-12-4-5-20(23)21-14-17-7-9-18(26-3)10-8-17/h6-11,13,22H,4-5,12,14H2,1-3H3,(H,21,23). The van der Waals surface area contributed by atoms with Crippen LogP contribution in [0.2, 0.25) is 0 Å². The highest BCUT2D eigenvalue weighted by Gasteiger charge is 2.14. The second-order valence-corrected chi connectivity index (χ2v) is 8.14. The van der Waals surface area contributed by atoms with Gasteiger partial charge >= 0.3 is 0 Å². The summed E-state index contributed by atoms with van der Waals surface area (Å²) < 4.78 is 32.2. The lowest BCUT2D eigenvalue weighted by Gasteiger charge is -2.09. The Balaban J connectivity index is 1.73. The quantitative estimate of drug-likeness (QED) is 0.645. The Morgan fingerprint density at radius 1 is 1.04 bits per heavy atom. The van der Waals surface area contributed by atoms with Crippen LogP contribution in [0.4, 0.5) is 0 Å². The first-order chi connectivity index (χ1) is 12.8. The van der Waals surface area contributed by atoms with E-state index in [4.69, 9.17) is 4.74 Å². The van der Waals surface area contributed by atoms with Crippen LogP contribution in [0.15, 0.2) is 47.4 Å². The monoisotopic (exact) mass is 390 g/mol. The Bertz CT molecular complexity index is 877. The van der Waals surface area contributed by atoms with E-state index in [1.54, 1.807) is 25.3 Å². The van der Waals surface area contributed by atoms with Gasteiger partial charge in [-0.15, -0.1) is 0 Å². The van der Waals surface area contributed by atoms with Crippen LogP contribution in [0.1, 0.15) is 29.5 Å². The molecule has 0 fully saturated rings. The zero-order valence-corrected chi connectivity index (χ0v) is 16.7. The summed E-state index contributed by atoms with van der Waals surface area (Å²) in [6.07, 6.45) is 0.685. The Labute approximate surface area is 161 Å². The van der Waals surface area contributed by atoms with Crippen LogP contribution in [-0.2, 0) is 21.4 Å². The molecule has 0 aliphatic rings. The van der Waals surface area contributed by atoms with Crippen molar-refractivity contribution in [3.63, 3.8) is 0 Å². The summed E-state index contributed by atoms with van der Waals surface area (Å²) in [6.45, 7) is 4.45. The number of nitrogens with one attached hydrogen (secondary N) is 2. The van der Waals surface area contributed by atoms with Crippen molar-refractivity contribution in [3.05, 3.63) is 59.2 Å². The molecular weight excluding hydrogens is 364 g/mol. The first-order valence-corrected chi connectivity index (χ1v) is 10.3. The van der Waals surface area contributed by atoms with Crippen LogP contribution in [0.5, 0.6) is 5.75 Å². The molecule has 0 aliphatic carbocycles. The van der Waals surface area contributed by atoms with Gasteiger partial charge in [-0.3, -0.25) is 4.79 Å². The molecule has 0 aromatic heterocycles. The highest BCUT2D eigenvalue weighted by atomic mass is 32.2. The predicted molar refractivity (Wildman–Crippen MR) is 105 cm³/mol. The van der Waals surface area contributed by atoms with Crippen molar-refractivity contribution in [2.24, 2.45) is 0 Å². The molecule has 0 spiro atoms. The highest BCUT2D eigenvalue weighted by Crippen LogP contribution is 2.14. The Kier molecular flexibility index (Phi) is 7.38. The summed E-state index contributed by atoms with van der Waals surface area (Å²) in [7, 11) is -1.95. The lowest BCUT2D eigenvalue weighted by molar-refractivity contribution is -0.121. The van der Waals surface area contributed by atoms with E-state index < -0.39 is 10.0 Å². The number of hydrogen-bond acceptors (Lipinski definition) is 4. The first kappa shape index (κ1) is 20.9. The molecule has 0 saturated heterocycles. The number of sulfonamides is 1. The number of benzene rings is 2. The van der Waals surface area contributed by atoms with Crippen molar-refractivity contribution < 1.29 is 17.9 Å². The van der Waals surface area contributed by atoms with Crippen molar-refractivity contribution in [2.45, 2.75) is 38.1 Å². The van der Waals surface area contributed by atoms with Gasteiger partial charge < -0.3 is 10.1 Å². The molecule has 0 atom stereocenters. The Morgan fingerprint density at radius 2 is 1.74 bits per heavy atom. The summed E-state index contributed by atoms with van der Waals surface area (Å²) in [5.74, 6) is 0.650. The van der Waals surface area contributed by atoms with Crippen molar-refractivity contribution in [1.82, 2.24) is 10.0 Å². The third kappa shape index (κ3) is 6.37. The molecule has 27 heavy (non-hydrogen) atoms. The average molecular weight is 391 g/mol. The van der Waals surface area contributed by atoms with Gasteiger partial charge in [0.05, 0.1) is 12.0 Å². The topological polar surface area (TPSA) is 84.5 Å². The van der Waals surface area contributed by atoms with Gasteiger partial charge in [0.25, 0.3) is 0 Å². The fraction of sp³-hybridized carbons (Fsp3) is 0.350. The van der Waals surface area contributed by atoms with E-state index in [1.807, 2.05) is 38.1 Å². The third-order valence-corrected chi connectivity index (χ3v) is 5.77. The van der Waals surface area contributed by atoms with Crippen LogP contribution in [0.25, 0.3) is 0 Å². The molecule has 2 rings (SSSR count). The molecule has 146 valence electrons. The highest BCUT2D eigenvalue weighted by molar-refractivity contribution is 7.89. The van der Waals surface area contributed by atoms with Gasteiger partial charge in [-0.25, -0.2) is 13.1 Å². The molecule has 2 N–H and O–H groups in total. The molecular formula is C20H26N2O4S. The van der Waals surface area contributed by atoms with Crippen molar-refractivity contribution in [2.75, 3.05) is 13.7 Å². The van der Waals surface area contributed by atoms with E-state index in [2.05, 4.69) is 10.0 Å². The fourth-order valence-electron chi connectivity index (χ4n) is 2.45. The minimum atomic E-state index is -3.55. The Hall–Kier alpha value is -2.38. The summed E-state index contributed by atoms with van der Waals surface area (Å²) in [6, 6.07) is 12.5. The predicted octanol–water partition coefficient (Wildman–Crippen LogP) is 2.69. The molecule has 2 aromatic carbocycles. The van der Waals surface area contributed by atoms with Crippen LogP contribution >= 0.6 is 0 Å². The maximum atomic E-state index is 12.3. The van der Waals surface area contributed by atoms with E-state index >= 15 is 0 Å². The summed E-state index contributed by atoms with van der Waals surface area (Å²) in [4.78, 5) is 12.1. The number of carbonyl (C=O) groups is 1. The molecule has 0 unspecified atom stereocenters. The van der Waals surface area contributed by atoms with Crippen molar-refractivity contribution >= 4 is 15.9 Å². The lowest BCUT2D eigenvalue weighted by Crippen LogP contribution is -2.27. The number of amides is 1. The fourth-order valence-corrected chi connectivity index (χ4v) is 3.61. The van der Waals surface area contributed by atoms with Crippen LogP contribution < -0.4 is 14.8 Å². The SMILES string of the molecule is COc1ccc(CNC(=O)CCCNS(=O)(=O)c2ccc(C)c(C)c2)cc1. The Morgan fingerprint density at radius 3 is 2.37 bits per heavy atom. The molecule has 0 radical (unpaired) electrons. The molecule has 0 heterocycles. The number of ether oxygens (including phenoxy) is 1. The minimum Gasteiger partial charge on any atom is -0.497 e. The number of carbonyl (C=O) groups excluding carboxylic acids is 1. The zero-order chi connectivity index (χ0) is 19.9. The van der Waals surface area contributed by atoms with Crippen LogP contribution in [0, 0.1) is 13.8 Å². The van der Waals surface area contributed by atoms with Crippen LogP contribution in [-0.4, -0.2) is 28.0 Å². The lowest BCUT2D eigenvalue weighted by atomic mass is 10.1. The third-order valence-electron chi connectivity index (χ3n) is 4.31. The minimum absolute atomic E-state index is 0.115. The van der Waals surface area contributed by atoms with Gasteiger partial charge in [-0.2, -0.15) is 0 Å². The maximum absolute atomic E-state index is 12.3.